The van der Waals surface area contributed by atoms with E-state index < -0.39 is 6.17 Å². The Balaban J connectivity index is 2.14. The first-order chi connectivity index (χ1) is 4.33. The van der Waals surface area contributed by atoms with Gasteiger partial charge in [0.1, 0.15) is 6.17 Å². The van der Waals surface area contributed by atoms with Crippen LogP contribution in [0.3, 0.4) is 0 Å². The predicted molar refractivity (Wildman–Crippen MR) is 36.2 cm³/mol. The van der Waals surface area contributed by atoms with Gasteiger partial charge in [-0.2, -0.15) is 0 Å². The lowest BCUT2D eigenvalue weighted by molar-refractivity contribution is 0.288. The van der Waals surface area contributed by atoms with E-state index >= 15 is 0 Å². The van der Waals surface area contributed by atoms with Crippen LogP contribution in [0.15, 0.2) is 0 Å². The molecule has 0 aromatic carbocycles. The number of nitrogens with zero attached hydrogens (tertiary/aromatic N) is 1. The Morgan fingerprint density at radius 1 is 1.67 bits per heavy atom. The van der Waals surface area contributed by atoms with Gasteiger partial charge in [0.15, 0.2) is 0 Å². The van der Waals surface area contributed by atoms with Crippen molar-refractivity contribution in [2.75, 3.05) is 19.6 Å². The highest BCUT2D eigenvalue weighted by Gasteiger charge is 2.19. The molecule has 0 aromatic rings. The van der Waals surface area contributed by atoms with Crippen molar-refractivity contribution in [3.8, 4) is 0 Å². The molecule has 0 amide bonds. The molecule has 1 heterocycles. The molecule has 1 aliphatic rings. The number of hydrogen-bond donors (Lipinski definition) is 0. The fourth-order valence-corrected chi connectivity index (χ4v) is 1.30. The Hall–Kier alpha value is -0.110. The summed E-state index contributed by atoms with van der Waals surface area (Å²) in [5, 5.41) is 0. The van der Waals surface area contributed by atoms with E-state index in [1.807, 2.05) is 0 Å². The highest BCUT2D eigenvalue weighted by atomic mass is 19.1. The largest absolute Gasteiger partial charge is 0.300 e. The topological polar surface area (TPSA) is 3.24 Å². The molecule has 0 aromatic heterocycles. The molecule has 1 atom stereocenters. The molecule has 0 N–H and O–H groups in total. The average Bonchev–Trinajstić information content (AvgIpc) is 2.17. The fourth-order valence-electron chi connectivity index (χ4n) is 1.30. The summed E-state index contributed by atoms with van der Waals surface area (Å²) in [6.45, 7) is 4.84. The quantitative estimate of drug-likeness (QED) is 0.548. The number of likely N-dealkylation sites (tertiary alicyclic amines) is 1. The van der Waals surface area contributed by atoms with Crippen LogP contribution in [-0.4, -0.2) is 30.7 Å². The molecule has 1 nitrogen and oxygen atoms in total. The smallest absolute Gasteiger partial charge is 0.114 e. The van der Waals surface area contributed by atoms with Gasteiger partial charge in [-0.05, 0) is 19.4 Å². The van der Waals surface area contributed by atoms with E-state index in [2.05, 4.69) is 11.8 Å². The SMILES string of the molecule is CCCN1CC[C@H](F)C1. The monoisotopic (exact) mass is 131 g/mol. The molecule has 0 radical (unpaired) electrons. The minimum atomic E-state index is -0.545. The van der Waals surface area contributed by atoms with Crippen LogP contribution in [0.1, 0.15) is 19.8 Å². The number of hydrogen-bond acceptors (Lipinski definition) is 1. The van der Waals surface area contributed by atoms with Crippen molar-refractivity contribution < 1.29 is 4.39 Å². The fraction of sp³-hybridized carbons (Fsp3) is 1.00. The summed E-state index contributed by atoms with van der Waals surface area (Å²) < 4.78 is 12.5. The molecule has 0 spiro atoms. The molecule has 0 aliphatic carbocycles. The van der Waals surface area contributed by atoms with Crippen LogP contribution in [-0.2, 0) is 0 Å². The lowest BCUT2D eigenvalue weighted by Crippen LogP contribution is -2.21. The molecule has 0 bridgehead atoms. The van der Waals surface area contributed by atoms with Gasteiger partial charge in [-0.25, -0.2) is 4.39 Å². The first-order valence-corrected chi connectivity index (χ1v) is 3.69. The molecule has 0 saturated carbocycles. The molecule has 1 fully saturated rings. The Kier molecular flexibility index (Phi) is 2.46. The Morgan fingerprint density at radius 2 is 2.44 bits per heavy atom. The standard InChI is InChI=1S/C7H14FN/c1-2-4-9-5-3-7(8)6-9/h7H,2-6H2,1H3/t7-/m0/s1. The zero-order valence-electron chi connectivity index (χ0n) is 5.94. The molecule has 1 saturated heterocycles. The van der Waals surface area contributed by atoms with Crippen LogP contribution in [0.4, 0.5) is 4.39 Å². The maximum absolute atomic E-state index is 12.5. The van der Waals surface area contributed by atoms with Crippen molar-refractivity contribution in [1.29, 1.82) is 0 Å². The normalized spacial score (nSPS) is 29.3. The van der Waals surface area contributed by atoms with Gasteiger partial charge in [0.05, 0.1) is 0 Å². The average molecular weight is 131 g/mol. The van der Waals surface area contributed by atoms with E-state index in [1.165, 1.54) is 0 Å². The van der Waals surface area contributed by atoms with Crippen LogP contribution < -0.4 is 0 Å². The van der Waals surface area contributed by atoms with Gasteiger partial charge in [-0.15, -0.1) is 0 Å². The second kappa shape index (κ2) is 3.16. The summed E-state index contributed by atoms with van der Waals surface area (Å²) in [6.07, 6.45) is 1.35. The summed E-state index contributed by atoms with van der Waals surface area (Å²) >= 11 is 0. The third kappa shape index (κ3) is 1.94. The van der Waals surface area contributed by atoms with E-state index in [4.69, 9.17) is 0 Å². The summed E-state index contributed by atoms with van der Waals surface area (Å²) in [6, 6.07) is 0. The Labute approximate surface area is 55.8 Å². The summed E-state index contributed by atoms with van der Waals surface area (Å²) in [4.78, 5) is 2.19. The third-order valence-electron chi connectivity index (χ3n) is 1.75. The van der Waals surface area contributed by atoms with Crippen molar-refractivity contribution in [2.24, 2.45) is 0 Å². The van der Waals surface area contributed by atoms with Crippen LogP contribution >= 0.6 is 0 Å². The van der Waals surface area contributed by atoms with Crippen molar-refractivity contribution >= 4 is 0 Å². The van der Waals surface area contributed by atoms with Gasteiger partial charge >= 0.3 is 0 Å². The minimum absolute atomic E-state index is 0.545. The van der Waals surface area contributed by atoms with E-state index in [9.17, 15) is 4.39 Å². The summed E-state index contributed by atoms with van der Waals surface area (Å²) in [5.41, 5.74) is 0. The Bertz CT molecular complexity index is 83.0. The molecule has 0 unspecified atom stereocenters. The molecule has 9 heavy (non-hydrogen) atoms. The van der Waals surface area contributed by atoms with Crippen molar-refractivity contribution in [2.45, 2.75) is 25.9 Å². The van der Waals surface area contributed by atoms with Gasteiger partial charge in [0.2, 0.25) is 0 Å². The van der Waals surface area contributed by atoms with E-state index in [1.54, 1.807) is 0 Å². The third-order valence-corrected chi connectivity index (χ3v) is 1.75. The summed E-state index contributed by atoms with van der Waals surface area (Å²) in [5.74, 6) is 0. The van der Waals surface area contributed by atoms with Gasteiger partial charge in [0.25, 0.3) is 0 Å². The lowest BCUT2D eigenvalue weighted by Gasteiger charge is -2.11. The highest BCUT2D eigenvalue weighted by molar-refractivity contribution is 4.73. The van der Waals surface area contributed by atoms with Crippen LogP contribution in [0.5, 0.6) is 0 Å². The number of rotatable bonds is 2. The first kappa shape index (κ1) is 7.00. The minimum Gasteiger partial charge on any atom is -0.300 e. The first-order valence-electron chi connectivity index (χ1n) is 3.69. The van der Waals surface area contributed by atoms with E-state index in [0.717, 1.165) is 25.9 Å². The second-order valence-electron chi connectivity index (χ2n) is 2.69. The maximum atomic E-state index is 12.5. The number of alkyl halides is 1. The zero-order chi connectivity index (χ0) is 6.69. The van der Waals surface area contributed by atoms with Crippen molar-refractivity contribution in [1.82, 2.24) is 4.90 Å². The predicted octanol–water partition coefficient (Wildman–Crippen LogP) is 1.44. The Morgan fingerprint density at radius 3 is 2.89 bits per heavy atom. The van der Waals surface area contributed by atoms with E-state index in [-0.39, 0.29) is 0 Å². The second-order valence-corrected chi connectivity index (χ2v) is 2.69. The maximum Gasteiger partial charge on any atom is 0.114 e. The molecular weight excluding hydrogens is 117 g/mol. The summed E-state index contributed by atoms with van der Waals surface area (Å²) in [7, 11) is 0. The molecule has 54 valence electrons. The molecule has 2 heteroatoms. The highest BCUT2D eigenvalue weighted by Crippen LogP contribution is 2.11. The van der Waals surface area contributed by atoms with Crippen molar-refractivity contribution in [3.05, 3.63) is 0 Å². The van der Waals surface area contributed by atoms with Gasteiger partial charge in [0, 0.05) is 13.1 Å². The van der Waals surface area contributed by atoms with Gasteiger partial charge in [-0.3, -0.25) is 0 Å². The van der Waals surface area contributed by atoms with E-state index in [0.29, 0.717) is 6.54 Å². The van der Waals surface area contributed by atoms with Crippen LogP contribution in [0.2, 0.25) is 0 Å². The molecule has 1 rings (SSSR count). The van der Waals surface area contributed by atoms with Crippen LogP contribution in [0, 0.1) is 0 Å². The zero-order valence-corrected chi connectivity index (χ0v) is 5.94. The number of halogens is 1. The van der Waals surface area contributed by atoms with Gasteiger partial charge in [-0.1, -0.05) is 6.92 Å². The van der Waals surface area contributed by atoms with Crippen LogP contribution in [0.25, 0.3) is 0 Å². The lowest BCUT2D eigenvalue weighted by atomic mass is 10.3. The molecular formula is C7H14FN. The van der Waals surface area contributed by atoms with Gasteiger partial charge < -0.3 is 4.90 Å². The van der Waals surface area contributed by atoms with Crippen molar-refractivity contribution in [3.63, 3.8) is 0 Å². The molecule has 1 aliphatic heterocycles.